The molecule has 32 heavy (non-hydrogen) atoms. The summed E-state index contributed by atoms with van der Waals surface area (Å²) in [5, 5.41) is 3.31. The maximum absolute atomic E-state index is 13.6. The fourth-order valence-corrected chi connectivity index (χ4v) is 8.48. The second-order valence-electron chi connectivity index (χ2n) is 11.3. The maximum Gasteiger partial charge on any atom is 0.251 e. The molecule has 1 aromatic rings. The molecule has 0 radical (unpaired) electrons. The van der Waals surface area contributed by atoms with Gasteiger partial charge in [0.1, 0.15) is 0 Å². The molecule has 5 atom stereocenters. The Morgan fingerprint density at radius 1 is 1.12 bits per heavy atom. The number of nitrogens with zero attached hydrogens (tertiary/aromatic N) is 1. The number of amides is 1. The third-order valence-electron chi connectivity index (χ3n) is 8.43. The van der Waals surface area contributed by atoms with Gasteiger partial charge in [-0.3, -0.25) is 4.79 Å². The first-order valence-electron chi connectivity index (χ1n) is 11.8. The van der Waals surface area contributed by atoms with Crippen molar-refractivity contribution in [1.82, 2.24) is 9.62 Å². The molecular formula is C25H38N2O4S. The molecule has 3 fully saturated rings. The van der Waals surface area contributed by atoms with E-state index in [1.807, 2.05) is 33.8 Å². The van der Waals surface area contributed by atoms with Crippen molar-refractivity contribution in [2.75, 3.05) is 13.1 Å². The Hall–Kier alpha value is -1.44. The van der Waals surface area contributed by atoms with Crippen LogP contribution in [-0.4, -0.2) is 50.0 Å². The van der Waals surface area contributed by atoms with Gasteiger partial charge in [0.15, 0.2) is 0 Å². The van der Waals surface area contributed by atoms with Crippen molar-refractivity contribution in [3.05, 3.63) is 28.8 Å². The molecule has 4 rings (SSSR count). The number of fused-ring (bicyclic) bond motifs is 2. The van der Waals surface area contributed by atoms with Crippen LogP contribution < -0.4 is 5.32 Å². The number of carbonyl (C=O) groups excluding carboxylic acids is 1. The quantitative estimate of drug-likeness (QED) is 0.733. The standard InChI is InChI=1S/C25H38N2O4S/c1-15-10-19(22(28)26-23-24(5,6)20-8-9-25(23,7)12-20)11-21(18(15)4)32(29,30)27-13-16(2)31-17(3)14-27/h10-11,16-17,20,23H,8-9,12-14H2,1-7H3,(H,26,28). The van der Waals surface area contributed by atoms with Crippen molar-refractivity contribution in [3.63, 3.8) is 0 Å². The summed E-state index contributed by atoms with van der Waals surface area (Å²) in [5.74, 6) is 0.443. The highest BCUT2D eigenvalue weighted by Gasteiger charge is 2.59. The highest BCUT2D eigenvalue weighted by molar-refractivity contribution is 7.89. The molecule has 1 heterocycles. The average molecular weight is 463 g/mol. The summed E-state index contributed by atoms with van der Waals surface area (Å²) < 4.78 is 34.4. The second kappa shape index (κ2) is 7.81. The van der Waals surface area contributed by atoms with Crippen LogP contribution in [0.3, 0.4) is 0 Å². The minimum Gasteiger partial charge on any atom is -0.373 e. The molecule has 2 saturated carbocycles. The minimum atomic E-state index is -3.73. The predicted molar refractivity (Wildman–Crippen MR) is 125 cm³/mol. The number of rotatable bonds is 4. The number of morpholine rings is 1. The Morgan fingerprint density at radius 3 is 2.31 bits per heavy atom. The van der Waals surface area contributed by atoms with Gasteiger partial charge in [-0.15, -0.1) is 0 Å². The SMILES string of the molecule is Cc1cc(C(=O)NC2C3(C)CCC(C3)C2(C)C)cc(S(=O)(=O)N2CC(C)OC(C)C2)c1C. The molecule has 3 aliphatic rings. The number of carbonyl (C=O) groups is 1. The van der Waals surface area contributed by atoms with Gasteiger partial charge in [-0.05, 0) is 87.0 Å². The largest absolute Gasteiger partial charge is 0.373 e. The Balaban J connectivity index is 1.65. The number of benzene rings is 1. The third kappa shape index (κ3) is 3.80. The molecule has 6 nitrogen and oxygen atoms in total. The minimum absolute atomic E-state index is 0.0391. The lowest BCUT2D eigenvalue weighted by Crippen LogP contribution is -2.52. The first-order chi connectivity index (χ1) is 14.8. The molecule has 1 amide bonds. The number of sulfonamides is 1. The van der Waals surface area contributed by atoms with Crippen LogP contribution in [0.1, 0.15) is 75.4 Å². The summed E-state index contributed by atoms with van der Waals surface area (Å²) in [6.45, 7) is 14.9. The molecule has 1 aromatic carbocycles. The van der Waals surface area contributed by atoms with Crippen molar-refractivity contribution < 1.29 is 17.9 Å². The summed E-state index contributed by atoms with van der Waals surface area (Å²) in [5.41, 5.74) is 2.07. The summed E-state index contributed by atoms with van der Waals surface area (Å²) in [6.07, 6.45) is 3.17. The highest BCUT2D eigenvalue weighted by Crippen LogP contribution is 2.62. The fraction of sp³-hybridized carbons (Fsp3) is 0.720. The van der Waals surface area contributed by atoms with Crippen molar-refractivity contribution in [2.45, 2.75) is 90.9 Å². The molecule has 0 aromatic heterocycles. The lowest BCUT2D eigenvalue weighted by atomic mass is 9.68. The lowest BCUT2D eigenvalue weighted by molar-refractivity contribution is -0.0441. The topological polar surface area (TPSA) is 75.7 Å². The average Bonchev–Trinajstić information content (AvgIpc) is 3.17. The van der Waals surface area contributed by atoms with Crippen molar-refractivity contribution >= 4 is 15.9 Å². The molecule has 1 saturated heterocycles. The highest BCUT2D eigenvalue weighted by atomic mass is 32.2. The van der Waals surface area contributed by atoms with Crippen molar-refractivity contribution in [1.29, 1.82) is 0 Å². The predicted octanol–water partition coefficient (Wildman–Crippen LogP) is 4.05. The van der Waals surface area contributed by atoms with Crippen LogP contribution in [0.25, 0.3) is 0 Å². The zero-order valence-electron chi connectivity index (χ0n) is 20.5. The van der Waals surface area contributed by atoms with Gasteiger partial charge in [0, 0.05) is 24.7 Å². The van der Waals surface area contributed by atoms with Crippen LogP contribution in [-0.2, 0) is 14.8 Å². The number of nitrogens with one attached hydrogen (secondary N) is 1. The summed E-state index contributed by atoms with van der Waals surface area (Å²) in [7, 11) is -3.73. The van der Waals surface area contributed by atoms with E-state index in [9.17, 15) is 13.2 Å². The molecule has 0 spiro atoms. The Labute approximate surface area is 193 Å². The fourth-order valence-electron chi connectivity index (χ4n) is 6.57. The Kier molecular flexibility index (Phi) is 5.79. The van der Waals surface area contributed by atoms with E-state index in [-0.39, 0.29) is 39.9 Å². The Bertz CT molecular complexity index is 1020. The van der Waals surface area contributed by atoms with E-state index < -0.39 is 10.0 Å². The number of hydrogen-bond acceptors (Lipinski definition) is 4. The number of aryl methyl sites for hydroxylation is 1. The van der Waals surface area contributed by atoms with E-state index in [0.717, 1.165) is 18.4 Å². The lowest BCUT2D eigenvalue weighted by Gasteiger charge is -2.43. The first kappa shape index (κ1) is 23.7. The van der Waals surface area contributed by atoms with Gasteiger partial charge < -0.3 is 10.1 Å². The number of hydrogen-bond donors (Lipinski definition) is 1. The summed E-state index contributed by atoms with van der Waals surface area (Å²) in [6, 6.07) is 3.47. The van der Waals surface area contributed by atoms with Gasteiger partial charge in [0.2, 0.25) is 10.0 Å². The Morgan fingerprint density at radius 2 is 1.75 bits per heavy atom. The van der Waals surface area contributed by atoms with Gasteiger partial charge in [-0.25, -0.2) is 8.42 Å². The molecule has 1 N–H and O–H groups in total. The van der Waals surface area contributed by atoms with Crippen LogP contribution in [0.5, 0.6) is 0 Å². The van der Waals surface area contributed by atoms with Crippen LogP contribution in [0.2, 0.25) is 0 Å². The van der Waals surface area contributed by atoms with E-state index in [1.165, 1.54) is 10.7 Å². The maximum atomic E-state index is 13.6. The molecule has 5 unspecified atom stereocenters. The van der Waals surface area contributed by atoms with E-state index in [1.54, 1.807) is 6.07 Å². The van der Waals surface area contributed by atoms with Crippen molar-refractivity contribution in [3.8, 4) is 0 Å². The van der Waals surface area contributed by atoms with Gasteiger partial charge in [-0.2, -0.15) is 4.31 Å². The van der Waals surface area contributed by atoms with E-state index in [2.05, 4.69) is 26.1 Å². The zero-order valence-corrected chi connectivity index (χ0v) is 21.3. The van der Waals surface area contributed by atoms with E-state index in [0.29, 0.717) is 30.1 Å². The van der Waals surface area contributed by atoms with Crippen LogP contribution in [0, 0.1) is 30.6 Å². The van der Waals surface area contributed by atoms with Gasteiger partial charge in [0.25, 0.3) is 5.91 Å². The third-order valence-corrected chi connectivity index (χ3v) is 10.4. The summed E-state index contributed by atoms with van der Waals surface area (Å²) in [4.78, 5) is 13.6. The molecule has 2 bridgehead atoms. The molecule has 2 aliphatic carbocycles. The zero-order chi connectivity index (χ0) is 23.6. The van der Waals surface area contributed by atoms with Crippen LogP contribution in [0.15, 0.2) is 17.0 Å². The molecule has 7 heteroatoms. The normalized spacial score (nSPS) is 34.6. The van der Waals surface area contributed by atoms with Crippen LogP contribution >= 0.6 is 0 Å². The number of ether oxygens (including phenoxy) is 1. The van der Waals surface area contributed by atoms with E-state index in [4.69, 9.17) is 4.74 Å². The van der Waals surface area contributed by atoms with Crippen molar-refractivity contribution in [2.24, 2.45) is 16.7 Å². The van der Waals surface area contributed by atoms with Gasteiger partial charge >= 0.3 is 0 Å². The smallest absolute Gasteiger partial charge is 0.251 e. The van der Waals surface area contributed by atoms with Gasteiger partial charge in [-0.1, -0.05) is 20.8 Å². The van der Waals surface area contributed by atoms with E-state index >= 15 is 0 Å². The molecule has 178 valence electrons. The molecular weight excluding hydrogens is 424 g/mol. The van der Waals surface area contributed by atoms with Crippen LogP contribution in [0.4, 0.5) is 0 Å². The van der Waals surface area contributed by atoms with Gasteiger partial charge in [0.05, 0.1) is 17.1 Å². The molecule has 1 aliphatic heterocycles. The monoisotopic (exact) mass is 462 g/mol. The summed E-state index contributed by atoms with van der Waals surface area (Å²) >= 11 is 0. The first-order valence-corrected chi connectivity index (χ1v) is 13.3. The second-order valence-corrected chi connectivity index (χ2v) is 13.2.